The van der Waals surface area contributed by atoms with Gasteiger partial charge in [0.25, 0.3) is 5.91 Å². The van der Waals surface area contributed by atoms with Crippen molar-refractivity contribution in [1.82, 2.24) is 20.6 Å². The normalized spacial score (nSPS) is 13.9. The third kappa shape index (κ3) is 7.30. The minimum Gasteiger partial charge on any atom is -0.491 e. The molecule has 43 heavy (non-hydrogen) atoms. The van der Waals surface area contributed by atoms with Crippen LogP contribution in [0.2, 0.25) is 0 Å². The lowest BCUT2D eigenvalue weighted by atomic mass is 10.1. The smallest absolute Gasteiger partial charge is 0.253 e. The number of carbonyl (C=O) groups is 1. The van der Waals surface area contributed by atoms with E-state index in [0.717, 1.165) is 52.5 Å². The van der Waals surface area contributed by atoms with E-state index in [9.17, 15) is 15.2 Å². The Labute approximate surface area is 250 Å². The van der Waals surface area contributed by atoms with Crippen molar-refractivity contribution in [3.8, 4) is 5.75 Å². The number of nitrogens with zero attached hydrogens (tertiary/aromatic N) is 5. The van der Waals surface area contributed by atoms with Gasteiger partial charge in [-0.15, -0.1) is 0 Å². The molecule has 0 radical (unpaired) electrons. The van der Waals surface area contributed by atoms with Crippen LogP contribution in [0.15, 0.2) is 71.7 Å². The minimum absolute atomic E-state index is 0.115. The number of pyridine rings is 1. The van der Waals surface area contributed by atoms with Crippen LogP contribution in [0.25, 0.3) is 21.8 Å². The van der Waals surface area contributed by atoms with Gasteiger partial charge in [-0.2, -0.15) is 10.2 Å². The number of guanidine groups is 1. The Morgan fingerprint density at radius 3 is 2.67 bits per heavy atom. The number of methoxy groups -OCH3 is 1. The number of rotatable bonds is 13. The summed E-state index contributed by atoms with van der Waals surface area (Å²) in [6, 6.07) is 20.6. The molecule has 1 aliphatic rings. The molecule has 12 heteroatoms. The number of hydrazine groups is 1. The maximum absolute atomic E-state index is 13.0. The zero-order valence-electron chi connectivity index (χ0n) is 24.4. The fraction of sp³-hybridized carbons (Fsp3) is 0.323. The highest BCUT2D eigenvalue weighted by Gasteiger charge is 2.26. The topological polar surface area (TPSA) is 135 Å². The van der Waals surface area contributed by atoms with E-state index in [-0.39, 0.29) is 11.9 Å². The summed E-state index contributed by atoms with van der Waals surface area (Å²) in [5, 5.41) is 27.7. The van der Waals surface area contributed by atoms with Crippen molar-refractivity contribution in [3.63, 3.8) is 0 Å². The Bertz CT molecular complexity index is 1600. The third-order valence-electron chi connectivity index (χ3n) is 7.12. The van der Waals surface area contributed by atoms with Gasteiger partial charge in [-0.05, 0) is 63.3 Å². The molecule has 0 saturated carbocycles. The Hall–Kier alpha value is -4.49. The lowest BCUT2D eigenvalue weighted by Gasteiger charge is -2.33. The monoisotopic (exact) mass is 587 g/mol. The molecule has 226 valence electrons. The van der Waals surface area contributed by atoms with Crippen molar-refractivity contribution < 1.29 is 24.7 Å². The summed E-state index contributed by atoms with van der Waals surface area (Å²) >= 11 is 0. The van der Waals surface area contributed by atoms with Crippen LogP contribution in [0.5, 0.6) is 5.75 Å². The largest absolute Gasteiger partial charge is 0.491 e. The maximum atomic E-state index is 13.0. The van der Waals surface area contributed by atoms with E-state index in [1.165, 1.54) is 0 Å². The van der Waals surface area contributed by atoms with Crippen molar-refractivity contribution in [1.29, 1.82) is 0 Å². The Kier molecular flexibility index (Phi) is 9.84. The van der Waals surface area contributed by atoms with Gasteiger partial charge in [0.05, 0.1) is 23.2 Å². The summed E-state index contributed by atoms with van der Waals surface area (Å²) in [6.45, 7) is 3.36. The molecule has 1 aliphatic heterocycles. The van der Waals surface area contributed by atoms with Crippen LogP contribution in [0.4, 0.5) is 11.4 Å². The van der Waals surface area contributed by atoms with Gasteiger partial charge in [-0.1, -0.05) is 30.3 Å². The molecule has 0 aliphatic carbocycles. The number of benzene rings is 3. The number of hydrogen-bond acceptors (Lipinski definition) is 9. The number of para-hydroxylation sites is 2. The first kappa shape index (κ1) is 30.0. The fourth-order valence-electron chi connectivity index (χ4n) is 4.87. The summed E-state index contributed by atoms with van der Waals surface area (Å²) in [6.07, 6.45) is 1.53. The molecule has 1 amide bonds. The van der Waals surface area contributed by atoms with Crippen molar-refractivity contribution in [3.05, 3.63) is 72.3 Å². The second-order valence-corrected chi connectivity index (χ2v) is 10.3. The van der Waals surface area contributed by atoms with Gasteiger partial charge in [0.2, 0.25) is 5.96 Å². The highest BCUT2D eigenvalue weighted by molar-refractivity contribution is 6.07. The van der Waals surface area contributed by atoms with E-state index in [1.807, 2.05) is 49.5 Å². The predicted octanol–water partition coefficient (Wildman–Crippen LogP) is 3.82. The quantitative estimate of drug-likeness (QED) is 0.135. The molecule has 0 saturated heterocycles. The number of amides is 1. The summed E-state index contributed by atoms with van der Waals surface area (Å²) < 4.78 is 10.5. The van der Waals surface area contributed by atoms with Crippen molar-refractivity contribution >= 4 is 45.0 Å². The molecule has 0 fully saturated rings. The highest BCUT2D eigenvalue weighted by atomic mass is 16.6. The Morgan fingerprint density at radius 2 is 1.81 bits per heavy atom. The second-order valence-electron chi connectivity index (χ2n) is 10.3. The number of aliphatic imine (C=N–C) groups is 1. The number of anilines is 2. The first-order valence-electron chi connectivity index (χ1n) is 14.2. The number of fused-ring (bicyclic) bond motifs is 3. The van der Waals surface area contributed by atoms with E-state index in [4.69, 9.17) is 14.5 Å². The number of nitrogens with one attached hydrogen (secondary N) is 2. The molecule has 3 aromatic carbocycles. The third-order valence-corrected chi connectivity index (χ3v) is 7.12. The van der Waals surface area contributed by atoms with Crippen LogP contribution in [0.3, 0.4) is 0 Å². The summed E-state index contributed by atoms with van der Waals surface area (Å²) in [4.78, 5) is 24.3. The van der Waals surface area contributed by atoms with Gasteiger partial charge in [-0.3, -0.25) is 15.2 Å². The second kappa shape index (κ2) is 14.1. The van der Waals surface area contributed by atoms with E-state index >= 15 is 0 Å². The standard InChI is InChI=1S/C31H37N7O5/c1-36(16-6-14-32-30(39)25-10-5-9-23-20-22-8-3-4-11-26(22)34-29(23)25)17-7-15-33-31-35-38(41)28-21-24(43-19-18-42-2)12-13-27(28)37(31)40/h3-5,8-13,20-21,40-41H,6-7,14-19H2,1-2H3,(H,32,39)(H,33,35). The van der Waals surface area contributed by atoms with Crippen LogP contribution in [-0.2, 0) is 4.74 Å². The molecule has 4 aromatic rings. The average molecular weight is 588 g/mol. The van der Waals surface area contributed by atoms with Gasteiger partial charge >= 0.3 is 0 Å². The summed E-state index contributed by atoms with van der Waals surface area (Å²) in [5.41, 5.74) is 5.50. The SMILES string of the molecule is COCCOc1ccc2c(c1)N(O)NC(=NCCCN(C)CCCNC(=O)c1cccc3cc4ccccc4nc13)N2O. The van der Waals surface area contributed by atoms with Crippen LogP contribution < -0.4 is 25.7 Å². The van der Waals surface area contributed by atoms with Crippen molar-refractivity contribution in [2.75, 3.05) is 63.8 Å². The Balaban J connectivity index is 1.05. The van der Waals surface area contributed by atoms with Crippen LogP contribution in [0.1, 0.15) is 23.2 Å². The average Bonchev–Trinajstić information content (AvgIpc) is 3.02. The molecule has 0 unspecified atom stereocenters. The summed E-state index contributed by atoms with van der Waals surface area (Å²) in [5.74, 6) is 0.520. The van der Waals surface area contributed by atoms with Crippen LogP contribution in [0, 0.1) is 0 Å². The maximum Gasteiger partial charge on any atom is 0.253 e. The fourth-order valence-corrected chi connectivity index (χ4v) is 4.87. The molecular weight excluding hydrogens is 550 g/mol. The molecule has 5 rings (SSSR count). The van der Waals surface area contributed by atoms with Gasteiger partial charge in [-0.25, -0.2) is 15.4 Å². The van der Waals surface area contributed by atoms with E-state index in [1.54, 1.807) is 25.3 Å². The molecule has 0 atom stereocenters. The molecule has 4 N–H and O–H groups in total. The van der Waals surface area contributed by atoms with Crippen LogP contribution in [-0.4, -0.2) is 85.7 Å². The van der Waals surface area contributed by atoms with Crippen molar-refractivity contribution in [2.24, 2.45) is 4.99 Å². The number of carbonyl (C=O) groups excluding carboxylic acids is 1. The summed E-state index contributed by atoms with van der Waals surface area (Å²) in [7, 11) is 3.61. The lowest BCUT2D eigenvalue weighted by molar-refractivity contribution is 0.0953. The van der Waals surface area contributed by atoms with Gasteiger partial charge in [0, 0.05) is 37.0 Å². The highest BCUT2D eigenvalue weighted by Crippen LogP contribution is 2.33. The van der Waals surface area contributed by atoms with Gasteiger partial charge < -0.3 is 19.7 Å². The van der Waals surface area contributed by atoms with E-state index < -0.39 is 0 Å². The van der Waals surface area contributed by atoms with Crippen molar-refractivity contribution in [2.45, 2.75) is 12.8 Å². The molecule has 1 aromatic heterocycles. The number of ether oxygens (including phenoxy) is 2. The zero-order valence-corrected chi connectivity index (χ0v) is 24.4. The predicted molar refractivity (Wildman–Crippen MR) is 166 cm³/mol. The zero-order chi connectivity index (χ0) is 30.2. The first-order valence-corrected chi connectivity index (χ1v) is 14.2. The van der Waals surface area contributed by atoms with E-state index in [2.05, 4.69) is 26.7 Å². The number of aromatic nitrogens is 1. The molecule has 12 nitrogen and oxygen atoms in total. The molecular formula is C31H37N7O5. The number of hydrogen-bond donors (Lipinski definition) is 4. The van der Waals surface area contributed by atoms with Gasteiger partial charge in [0.1, 0.15) is 23.7 Å². The van der Waals surface area contributed by atoms with Gasteiger partial charge in [0.15, 0.2) is 0 Å². The minimum atomic E-state index is -0.130. The lowest BCUT2D eigenvalue weighted by Crippen LogP contribution is -2.52. The van der Waals surface area contributed by atoms with E-state index in [0.29, 0.717) is 54.5 Å². The molecule has 0 bridgehead atoms. The number of hydroxylamine groups is 1. The van der Waals surface area contributed by atoms with Crippen LogP contribution >= 0.6 is 0 Å². The first-order chi connectivity index (χ1) is 20.9. The molecule has 2 heterocycles. The molecule has 0 spiro atoms. The Morgan fingerprint density at radius 1 is 1.00 bits per heavy atom.